The molecule has 21 heavy (non-hydrogen) atoms. The largest absolute Gasteiger partial charge is 0.481 e. The molecule has 10 nitrogen and oxygen atoms in total. The smallest absolute Gasteiger partial charge is 0.341 e. The average Bonchev–Trinajstić information content (AvgIpc) is 2.23. The Bertz CT molecular complexity index is 577. The van der Waals surface area contributed by atoms with Crippen molar-refractivity contribution in [1.82, 2.24) is 0 Å². The molecule has 0 fully saturated rings. The van der Waals surface area contributed by atoms with Gasteiger partial charge in [0.15, 0.2) is 0 Å². The van der Waals surface area contributed by atoms with E-state index in [1.54, 1.807) is 0 Å². The molecule has 2 atom stereocenters. The second-order valence-corrected chi connectivity index (χ2v) is 6.65. The minimum atomic E-state index is -4.53. The van der Waals surface area contributed by atoms with Crippen LogP contribution in [0.5, 0.6) is 0 Å². The van der Waals surface area contributed by atoms with Crippen LogP contribution in [0.4, 0.5) is 0 Å². The lowest BCUT2D eigenvalue weighted by Gasteiger charge is -2.44. The molecule has 0 saturated carbocycles. The molecule has 4 N–H and O–H groups in total. The molecule has 0 bridgehead atoms. The molecule has 0 aliphatic carbocycles. The molecule has 0 saturated heterocycles. The van der Waals surface area contributed by atoms with Crippen LogP contribution in [0.25, 0.3) is 0 Å². The third kappa shape index (κ3) is 2.99. The van der Waals surface area contributed by atoms with Crippen molar-refractivity contribution < 1.29 is 47.4 Å². The summed E-state index contributed by atoms with van der Waals surface area (Å²) in [6.45, 7) is 1.93. The molecule has 0 aromatic heterocycles. The Hall–Kier alpha value is -1.72. The van der Waals surface area contributed by atoms with Gasteiger partial charge < -0.3 is 20.4 Å². The van der Waals surface area contributed by atoms with Crippen molar-refractivity contribution in [2.24, 2.45) is 5.41 Å². The predicted octanol–water partition coefficient (Wildman–Crippen LogP) is -1.27. The summed E-state index contributed by atoms with van der Waals surface area (Å²) < 4.78 is 26.6. The average molecular weight is 328 g/mol. The number of aliphatic carboxylic acids is 3. The van der Waals surface area contributed by atoms with Crippen molar-refractivity contribution >= 4 is 28.0 Å². The van der Waals surface area contributed by atoms with Crippen LogP contribution in [0, 0.1) is 5.41 Å². The molecule has 0 heterocycles. The van der Waals surface area contributed by atoms with Crippen LogP contribution >= 0.6 is 0 Å². The fraction of sp³-hybridized carbons (Fsp3) is 0.700. The van der Waals surface area contributed by atoms with Crippen LogP contribution in [0.2, 0.25) is 0 Å². The number of hydrogen-bond donors (Lipinski definition) is 4. The highest BCUT2D eigenvalue weighted by Gasteiger charge is 2.71. The van der Waals surface area contributed by atoms with Gasteiger partial charge in [0.05, 0.1) is 6.26 Å². The Kier molecular flexibility index (Phi) is 4.81. The number of carbonyl (C=O) groups is 3. The van der Waals surface area contributed by atoms with Crippen molar-refractivity contribution in [3.63, 3.8) is 0 Å². The zero-order valence-electron chi connectivity index (χ0n) is 11.6. The van der Waals surface area contributed by atoms with Crippen LogP contribution < -0.4 is 0 Å². The highest BCUT2D eigenvalue weighted by Crippen LogP contribution is 2.43. The van der Waals surface area contributed by atoms with E-state index < -0.39 is 44.6 Å². The van der Waals surface area contributed by atoms with Crippen molar-refractivity contribution in [2.75, 3.05) is 6.26 Å². The van der Waals surface area contributed by atoms with Gasteiger partial charge in [-0.3, -0.25) is 4.79 Å². The van der Waals surface area contributed by atoms with Crippen LogP contribution in [-0.2, 0) is 28.7 Å². The summed E-state index contributed by atoms with van der Waals surface area (Å²) in [5.74, 6) is -6.28. The maximum absolute atomic E-state index is 11.4. The number of hydrogen-bond acceptors (Lipinski definition) is 7. The van der Waals surface area contributed by atoms with E-state index in [9.17, 15) is 27.9 Å². The first kappa shape index (κ1) is 19.3. The highest BCUT2D eigenvalue weighted by molar-refractivity contribution is 7.86. The Balaban J connectivity index is 6.58. The van der Waals surface area contributed by atoms with Crippen molar-refractivity contribution in [1.29, 1.82) is 0 Å². The van der Waals surface area contributed by atoms with Gasteiger partial charge >= 0.3 is 17.9 Å². The number of carboxylic acids is 3. The number of rotatable bonds is 7. The molecule has 11 heteroatoms. The first-order valence-electron chi connectivity index (χ1n) is 5.37. The monoisotopic (exact) mass is 328 g/mol. The zero-order chi connectivity index (χ0) is 17.4. The standard InChI is InChI=1S/C10H16O10S/c1-8(2,5(11)12)10(17,7(15)16)9(3,6(13)14)20-21(4,18)19/h17H,1-4H3,(H,11,12)(H,13,14)(H,15,16). The van der Waals surface area contributed by atoms with Gasteiger partial charge in [0, 0.05) is 0 Å². The second kappa shape index (κ2) is 5.24. The minimum absolute atomic E-state index is 0.435. The molecule has 0 aromatic rings. The van der Waals surface area contributed by atoms with Crippen molar-refractivity contribution in [2.45, 2.75) is 32.0 Å². The summed E-state index contributed by atoms with van der Waals surface area (Å²) in [7, 11) is -4.53. The van der Waals surface area contributed by atoms with Gasteiger partial charge in [-0.05, 0) is 20.8 Å². The fourth-order valence-corrected chi connectivity index (χ4v) is 2.57. The first-order chi connectivity index (χ1) is 9.04. The molecule has 0 spiro atoms. The van der Waals surface area contributed by atoms with Crippen molar-refractivity contribution in [3.8, 4) is 0 Å². The fourth-order valence-electron chi connectivity index (χ4n) is 1.78. The SMILES string of the molecule is CC(C)(C(=O)O)C(O)(C(=O)O)C(C)(OS(C)(=O)=O)C(=O)O. The molecule has 0 rings (SSSR count). The minimum Gasteiger partial charge on any atom is -0.481 e. The van der Waals surface area contributed by atoms with E-state index in [0.29, 0.717) is 13.2 Å². The normalized spacial score (nSPS) is 18.3. The number of carboxylic acid groups (broad SMARTS) is 3. The number of aliphatic hydroxyl groups is 1. The predicted molar refractivity (Wildman–Crippen MR) is 66.0 cm³/mol. The van der Waals surface area contributed by atoms with E-state index in [-0.39, 0.29) is 0 Å². The topological polar surface area (TPSA) is 175 Å². The van der Waals surface area contributed by atoms with E-state index >= 15 is 0 Å². The summed E-state index contributed by atoms with van der Waals surface area (Å²) in [6, 6.07) is 0. The van der Waals surface area contributed by atoms with Crippen molar-refractivity contribution in [3.05, 3.63) is 0 Å². The molecular formula is C10H16O10S. The third-order valence-corrected chi connectivity index (χ3v) is 3.80. The molecule has 0 aromatic carbocycles. The van der Waals surface area contributed by atoms with E-state index in [2.05, 4.69) is 4.18 Å². The van der Waals surface area contributed by atoms with Gasteiger partial charge in [-0.15, -0.1) is 0 Å². The maximum Gasteiger partial charge on any atom is 0.341 e. The van der Waals surface area contributed by atoms with E-state index in [1.165, 1.54) is 0 Å². The van der Waals surface area contributed by atoms with Crippen LogP contribution in [0.3, 0.4) is 0 Å². The van der Waals surface area contributed by atoms with E-state index in [1.807, 2.05) is 0 Å². The van der Waals surface area contributed by atoms with E-state index in [4.69, 9.17) is 15.3 Å². The van der Waals surface area contributed by atoms with Crippen LogP contribution in [-0.4, -0.2) is 64.2 Å². The summed E-state index contributed by atoms with van der Waals surface area (Å²) in [5, 5.41) is 37.6. The third-order valence-electron chi connectivity index (χ3n) is 3.17. The second-order valence-electron chi connectivity index (χ2n) is 5.07. The summed E-state index contributed by atoms with van der Waals surface area (Å²) in [5.41, 5.74) is -9.44. The Morgan fingerprint density at radius 3 is 1.48 bits per heavy atom. The van der Waals surface area contributed by atoms with Gasteiger partial charge in [0.2, 0.25) is 11.2 Å². The molecule has 122 valence electrons. The molecule has 0 amide bonds. The molecule has 0 aliphatic heterocycles. The first-order valence-corrected chi connectivity index (χ1v) is 7.19. The Morgan fingerprint density at radius 1 is 0.905 bits per heavy atom. The van der Waals surface area contributed by atoms with Gasteiger partial charge in [0.1, 0.15) is 5.41 Å². The van der Waals surface area contributed by atoms with Gasteiger partial charge in [-0.1, -0.05) is 0 Å². The molecule has 0 aliphatic rings. The van der Waals surface area contributed by atoms with Gasteiger partial charge in [-0.25, -0.2) is 13.8 Å². The van der Waals surface area contributed by atoms with Crippen LogP contribution in [0.1, 0.15) is 20.8 Å². The summed E-state index contributed by atoms with van der Waals surface area (Å²) in [6.07, 6.45) is 0.435. The molecular weight excluding hydrogens is 312 g/mol. The Labute approximate surface area is 120 Å². The lowest BCUT2D eigenvalue weighted by molar-refractivity contribution is -0.224. The summed E-state index contributed by atoms with van der Waals surface area (Å²) >= 11 is 0. The maximum atomic E-state index is 11.4. The Morgan fingerprint density at radius 2 is 1.29 bits per heavy atom. The zero-order valence-corrected chi connectivity index (χ0v) is 12.5. The lowest BCUT2D eigenvalue weighted by Crippen LogP contribution is -2.71. The van der Waals surface area contributed by atoms with Gasteiger partial charge in [-0.2, -0.15) is 8.42 Å². The highest BCUT2D eigenvalue weighted by atomic mass is 32.2. The molecule has 0 radical (unpaired) electrons. The van der Waals surface area contributed by atoms with Gasteiger partial charge in [0.25, 0.3) is 10.1 Å². The lowest BCUT2D eigenvalue weighted by atomic mass is 9.65. The van der Waals surface area contributed by atoms with Crippen LogP contribution in [0.15, 0.2) is 0 Å². The quantitative estimate of drug-likeness (QED) is 0.412. The summed E-state index contributed by atoms with van der Waals surface area (Å²) in [4.78, 5) is 33.9. The van der Waals surface area contributed by atoms with E-state index in [0.717, 1.165) is 13.8 Å². The molecule has 2 unspecified atom stereocenters.